The molecular formula is C33H45ClN6O6S2. The summed E-state index contributed by atoms with van der Waals surface area (Å²) in [6.45, 7) is 8.07. The zero-order chi connectivity index (χ0) is 35.2. The largest absolute Gasteiger partial charge is 0.397 e. The number of aliphatic hydroxyl groups is 2. The number of urea groups is 1. The van der Waals surface area contributed by atoms with E-state index in [-0.39, 0.29) is 66.1 Å². The number of halogens is 1. The molecule has 1 fully saturated rings. The monoisotopic (exact) mass is 720 g/mol. The highest BCUT2D eigenvalue weighted by molar-refractivity contribution is 7.89. The highest BCUT2D eigenvalue weighted by Gasteiger charge is 2.40. The Morgan fingerprint density at radius 1 is 1.12 bits per heavy atom. The van der Waals surface area contributed by atoms with Gasteiger partial charge in [-0.3, -0.25) is 4.79 Å². The second-order valence-electron chi connectivity index (χ2n) is 12.7. The first kappa shape index (κ1) is 37.5. The molecule has 0 aliphatic carbocycles. The summed E-state index contributed by atoms with van der Waals surface area (Å²) in [6, 6.07) is 11.3. The van der Waals surface area contributed by atoms with E-state index in [1.165, 1.54) is 38.7 Å². The lowest BCUT2D eigenvalue weighted by atomic mass is 9.97. The molecule has 0 spiro atoms. The Labute approximate surface area is 291 Å². The number of nitrogens with zero attached hydrogens (tertiary/aromatic N) is 4. The molecule has 0 radical (unpaired) electrons. The first-order chi connectivity index (χ1) is 22.7. The summed E-state index contributed by atoms with van der Waals surface area (Å²) >= 11 is 7.37. The lowest BCUT2D eigenvalue weighted by Gasteiger charge is -2.34. The number of carbonyl (C=O) groups excluding carboxylic acids is 2. The second-order valence-corrected chi connectivity index (χ2v) is 16.0. The number of hydrogen-bond donors (Lipinski definition) is 4. The summed E-state index contributed by atoms with van der Waals surface area (Å²) < 4.78 is 28.8. The van der Waals surface area contributed by atoms with Crippen LogP contribution in [0.5, 0.6) is 0 Å². The average Bonchev–Trinajstić information content (AvgIpc) is 3.64. The number of sulfonamides is 1. The number of thiazole rings is 1. The summed E-state index contributed by atoms with van der Waals surface area (Å²) in [5.74, 6) is -0.787. The maximum Gasteiger partial charge on any atom is 0.321 e. The van der Waals surface area contributed by atoms with Gasteiger partial charge < -0.3 is 31.1 Å². The third kappa shape index (κ3) is 9.24. The maximum atomic E-state index is 14.0. The highest BCUT2D eigenvalue weighted by Crippen LogP contribution is 2.26. The van der Waals surface area contributed by atoms with Crippen molar-refractivity contribution in [2.24, 2.45) is 11.8 Å². The third-order valence-electron chi connectivity index (χ3n) is 8.11. The molecule has 2 heterocycles. The smallest absolute Gasteiger partial charge is 0.321 e. The van der Waals surface area contributed by atoms with E-state index in [4.69, 9.17) is 17.3 Å². The van der Waals surface area contributed by atoms with E-state index >= 15 is 0 Å². The van der Waals surface area contributed by atoms with Crippen LogP contribution in [0.1, 0.15) is 44.0 Å². The van der Waals surface area contributed by atoms with E-state index in [9.17, 15) is 28.2 Å². The van der Waals surface area contributed by atoms with Crippen LogP contribution >= 0.6 is 22.9 Å². The van der Waals surface area contributed by atoms with Gasteiger partial charge in [0.25, 0.3) is 0 Å². The summed E-state index contributed by atoms with van der Waals surface area (Å²) in [6.07, 6.45) is -1.09. The molecule has 1 saturated heterocycles. The zero-order valence-corrected chi connectivity index (χ0v) is 30.0. The topological polar surface area (TPSA) is 169 Å². The number of rotatable bonds is 16. The molecule has 15 heteroatoms. The number of anilines is 1. The molecule has 0 saturated carbocycles. The molecule has 3 aromatic rings. The minimum atomic E-state index is -4.10. The minimum absolute atomic E-state index is 0.0527. The Balaban J connectivity index is 1.57. The third-order valence-corrected chi connectivity index (χ3v) is 11.2. The van der Waals surface area contributed by atoms with Crippen molar-refractivity contribution in [3.63, 3.8) is 0 Å². The molecule has 4 rings (SSSR count). The van der Waals surface area contributed by atoms with Gasteiger partial charge in [-0.2, -0.15) is 4.31 Å². The van der Waals surface area contributed by atoms with Crippen molar-refractivity contribution < 1.29 is 28.2 Å². The van der Waals surface area contributed by atoms with Crippen LogP contribution in [-0.2, 0) is 34.4 Å². The van der Waals surface area contributed by atoms with Crippen molar-refractivity contribution in [1.82, 2.24) is 24.4 Å². The number of benzene rings is 2. The Morgan fingerprint density at radius 2 is 1.83 bits per heavy atom. The fourth-order valence-electron chi connectivity index (χ4n) is 5.76. The number of hydrogen-bond acceptors (Lipinski definition) is 9. The van der Waals surface area contributed by atoms with Crippen molar-refractivity contribution in [2.45, 2.75) is 70.4 Å². The van der Waals surface area contributed by atoms with E-state index in [0.29, 0.717) is 23.8 Å². The van der Waals surface area contributed by atoms with Crippen LogP contribution in [0.25, 0.3) is 0 Å². The molecule has 1 aliphatic heterocycles. The molecule has 48 heavy (non-hydrogen) atoms. The normalized spacial score (nSPS) is 15.8. The number of carbonyl (C=O) groups is 2. The SMILES string of the molecule is CC(C)CN(C[C@@H](O)[C@H](Cc1ccccc1)NC(=O)C(C(C)C)N1CCN(Cc2csc(CO)n2)C1=O)S(=O)(=O)c1ccc(Cl)c(N)c1. The molecule has 2 aromatic carbocycles. The standard InChI is InChI=1S/C33H45ClN6O6S2/c1-21(2)16-39(48(45,46)25-10-11-26(34)27(35)15-25)18-29(42)28(14-23-8-6-5-7-9-23)37-32(43)31(22(3)4)40-13-12-38(33(40)44)17-24-20-47-30(19-41)36-24/h5-11,15,20-22,28-29,31,41-42H,12-14,16-19,35H2,1-4H3,(H,37,43)/t28-,29+,31?/m0/s1. The lowest BCUT2D eigenvalue weighted by molar-refractivity contribution is -0.128. The van der Waals surface area contributed by atoms with Crippen LogP contribution in [0.4, 0.5) is 10.5 Å². The fourth-order valence-corrected chi connectivity index (χ4v) is 8.18. The van der Waals surface area contributed by atoms with Crippen molar-refractivity contribution in [3.05, 3.63) is 75.2 Å². The molecule has 3 atom stereocenters. The van der Waals surface area contributed by atoms with E-state index in [2.05, 4.69) is 10.3 Å². The Bertz CT molecular complexity index is 1650. The van der Waals surface area contributed by atoms with Crippen molar-refractivity contribution >= 4 is 50.6 Å². The van der Waals surface area contributed by atoms with Crippen LogP contribution in [0, 0.1) is 11.8 Å². The number of nitrogens with two attached hydrogens (primary N) is 1. The van der Waals surface area contributed by atoms with Gasteiger partial charge in [0.05, 0.1) is 46.6 Å². The van der Waals surface area contributed by atoms with Gasteiger partial charge in [0.1, 0.15) is 11.0 Å². The molecule has 1 aliphatic rings. The van der Waals surface area contributed by atoms with E-state index in [0.717, 1.165) is 5.56 Å². The number of aromatic nitrogens is 1. The van der Waals surface area contributed by atoms with Gasteiger partial charge in [0.15, 0.2) is 0 Å². The van der Waals surface area contributed by atoms with Gasteiger partial charge in [0, 0.05) is 31.6 Å². The van der Waals surface area contributed by atoms with Crippen molar-refractivity contribution in [1.29, 1.82) is 0 Å². The lowest BCUT2D eigenvalue weighted by Crippen LogP contribution is -2.57. The van der Waals surface area contributed by atoms with Gasteiger partial charge in [-0.15, -0.1) is 11.3 Å². The molecule has 12 nitrogen and oxygen atoms in total. The second kappa shape index (κ2) is 16.4. The molecule has 3 amide bonds. The Kier molecular flexibility index (Phi) is 12.8. The van der Waals surface area contributed by atoms with Crippen LogP contribution in [0.2, 0.25) is 5.02 Å². The van der Waals surface area contributed by atoms with Gasteiger partial charge in [-0.05, 0) is 42.0 Å². The predicted molar refractivity (Wildman–Crippen MR) is 187 cm³/mol. The molecular weight excluding hydrogens is 676 g/mol. The quantitative estimate of drug-likeness (QED) is 0.163. The summed E-state index contributed by atoms with van der Waals surface area (Å²) in [4.78, 5) is 35.0. The predicted octanol–water partition coefficient (Wildman–Crippen LogP) is 3.57. The minimum Gasteiger partial charge on any atom is -0.397 e. The molecule has 1 unspecified atom stereocenters. The number of nitrogens with one attached hydrogen (secondary N) is 1. The van der Waals surface area contributed by atoms with Crippen LogP contribution in [-0.4, -0.2) is 94.0 Å². The van der Waals surface area contributed by atoms with Crippen molar-refractivity contribution in [3.8, 4) is 0 Å². The number of nitrogen functional groups attached to an aromatic ring is 1. The first-order valence-electron chi connectivity index (χ1n) is 15.9. The Hall–Kier alpha value is -3.27. The summed E-state index contributed by atoms with van der Waals surface area (Å²) in [7, 11) is -4.10. The Morgan fingerprint density at radius 3 is 2.44 bits per heavy atom. The highest BCUT2D eigenvalue weighted by atomic mass is 35.5. The maximum absolute atomic E-state index is 14.0. The van der Waals surface area contributed by atoms with Gasteiger partial charge in [-0.25, -0.2) is 18.2 Å². The average molecular weight is 721 g/mol. The molecule has 262 valence electrons. The van der Waals surface area contributed by atoms with Crippen LogP contribution < -0.4 is 11.1 Å². The zero-order valence-electron chi connectivity index (χ0n) is 27.6. The van der Waals surface area contributed by atoms with Crippen LogP contribution in [0.15, 0.2) is 58.8 Å². The number of amides is 3. The summed E-state index contributed by atoms with van der Waals surface area (Å²) in [5, 5.41) is 26.6. The number of aliphatic hydroxyl groups excluding tert-OH is 2. The first-order valence-corrected chi connectivity index (χ1v) is 18.6. The van der Waals surface area contributed by atoms with Gasteiger partial charge in [-0.1, -0.05) is 69.6 Å². The van der Waals surface area contributed by atoms with Gasteiger partial charge in [0.2, 0.25) is 15.9 Å². The van der Waals surface area contributed by atoms with Crippen LogP contribution in [0.3, 0.4) is 0 Å². The van der Waals surface area contributed by atoms with E-state index in [1.807, 2.05) is 58.0 Å². The molecule has 0 bridgehead atoms. The molecule has 1 aromatic heterocycles. The fraction of sp³-hybridized carbons (Fsp3) is 0.485. The van der Waals surface area contributed by atoms with E-state index < -0.39 is 34.1 Å². The van der Waals surface area contributed by atoms with E-state index in [1.54, 1.807) is 10.3 Å². The summed E-state index contributed by atoms with van der Waals surface area (Å²) in [5.41, 5.74) is 7.54. The van der Waals surface area contributed by atoms with Gasteiger partial charge >= 0.3 is 6.03 Å². The van der Waals surface area contributed by atoms with Crippen molar-refractivity contribution in [2.75, 3.05) is 31.9 Å². The molecule has 5 N–H and O–H groups in total.